The van der Waals surface area contributed by atoms with E-state index in [4.69, 9.17) is 15.2 Å². The lowest BCUT2D eigenvalue weighted by molar-refractivity contribution is -0.140. The van der Waals surface area contributed by atoms with Gasteiger partial charge in [0.15, 0.2) is 5.69 Å². The number of ether oxygens (including phenoxy) is 2. The summed E-state index contributed by atoms with van der Waals surface area (Å²) in [7, 11) is 1.48. The van der Waals surface area contributed by atoms with Crippen LogP contribution in [0.2, 0.25) is 0 Å². The maximum Gasteiger partial charge on any atom is 0.434 e. The first-order valence-electron chi connectivity index (χ1n) is 15.4. The topological polar surface area (TPSA) is 157 Å². The highest BCUT2D eigenvalue weighted by molar-refractivity contribution is 7.13. The van der Waals surface area contributed by atoms with E-state index in [9.17, 15) is 32.3 Å². The number of allylic oxidation sites excluding steroid dienone is 1. The van der Waals surface area contributed by atoms with Crippen LogP contribution < -0.4 is 20.5 Å². The lowest BCUT2D eigenvalue weighted by Gasteiger charge is -2.29. The van der Waals surface area contributed by atoms with Crippen molar-refractivity contribution in [2.45, 2.75) is 62.9 Å². The van der Waals surface area contributed by atoms with Crippen LogP contribution in [-0.2, 0) is 15.8 Å². The third kappa shape index (κ3) is 6.28. The van der Waals surface area contributed by atoms with Crippen molar-refractivity contribution in [2.24, 2.45) is 11.7 Å². The van der Waals surface area contributed by atoms with Crippen molar-refractivity contribution in [2.75, 3.05) is 20.2 Å². The Labute approximate surface area is 277 Å². The number of urea groups is 2. The molecule has 16 heteroatoms. The van der Waals surface area contributed by atoms with E-state index in [1.807, 2.05) is 12.2 Å². The number of thiazole rings is 1. The molecule has 1 aliphatic carbocycles. The SMILES string of the molecule is COc1ccc2c(O[C@H]3C[C@H]4C(=O)N(C(N)=O)CCCC/C=C\[C@@H]5C[C@@]5(C=O)NC(=O)N4C3)cc(-c3nc(C(F)(F)F)cs3)nc2c1C. The number of fused-ring (bicyclic) bond motifs is 3. The third-order valence-electron chi connectivity index (χ3n) is 8.99. The van der Waals surface area contributed by atoms with Gasteiger partial charge < -0.3 is 30.2 Å². The second-order valence-electron chi connectivity index (χ2n) is 12.1. The third-order valence-corrected chi connectivity index (χ3v) is 9.86. The zero-order chi connectivity index (χ0) is 34.4. The molecule has 2 aromatic heterocycles. The molecule has 1 aromatic carbocycles. The molecule has 12 nitrogen and oxygen atoms in total. The molecule has 2 fully saturated rings. The summed E-state index contributed by atoms with van der Waals surface area (Å²) >= 11 is 0.777. The Hall–Kier alpha value is -4.73. The number of rotatable bonds is 5. The number of carbonyl (C=O) groups excluding carboxylic acids is 4. The fraction of sp³-hybridized carbons (Fsp3) is 0.438. The summed E-state index contributed by atoms with van der Waals surface area (Å²) in [5.74, 6) is -0.127. The summed E-state index contributed by atoms with van der Waals surface area (Å²) in [6, 6.07) is 2.10. The molecule has 4 heterocycles. The van der Waals surface area contributed by atoms with Gasteiger partial charge in [-0.2, -0.15) is 13.2 Å². The largest absolute Gasteiger partial charge is 0.496 e. The first-order chi connectivity index (χ1) is 22.8. The van der Waals surface area contributed by atoms with E-state index in [-0.39, 0.29) is 41.9 Å². The minimum atomic E-state index is -4.64. The van der Waals surface area contributed by atoms with Crippen LogP contribution in [0, 0.1) is 12.8 Å². The van der Waals surface area contributed by atoms with E-state index in [2.05, 4.69) is 15.3 Å². The molecule has 4 atom stereocenters. The Morgan fingerprint density at radius 2 is 2.00 bits per heavy atom. The Kier molecular flexibility index (Phi) is 8.78. The average Bonchev–Trinajstić information content (AvgIpc) is 3.35. The van der Waals surface area contributed by atoms with E-state index in [0.29, 0.717) is 54.2 Å². The maximum absolute atomic E-state index is 13.8. The molecule has 6 rings (SSSR count). The van der Waals surface area contributed by atoms with Crippen LogP contribution in [-0.4, -0.2) is 81.9 Å². The van der Waals surface area contributed by atoms with Crippen molar-refractivity contribution in [1.82, 2.24) is 25.1 Å². The van der Waals surface area contributed by atoms with Crippen LogP contribution in [0.5, 0.6) is 11.5 Å². The fourth-order valence-electron chi connectivity index (χ4n) is 6.28. The molecule has 3 aliphatic rings. The number of halogens is 3. The number of methoxy groups -OCH3 is 1. The van der Waals surface area contributed by atoms with E-state index in [1.165, 1.54) is 18.1 Å². The Morgan fingerprint density at radius 1 is 1.21 bits per heavy atom. The number of hydrogen-bond acceptors (Lipinski definition) is 9. The van der Waals surface area contributed by atoms with Crippen molar-refractivity contribution in [3.8, 4) is 22.2 Å². The van der Waals surface area contributed by atoms with Crippen molar-refractivity contribution >= 4 is 46.5 Å². The predicted octanol–water partition coefficient (Wildman–Crippen LogP) is 4.83. The number of hydrogen-bond donors (Lipinski definition) is 2. The number of aryl methyl sites for hydroxylation is 1. The summed E-state index contributed by atoms with van der Waals surface area (Å²) in [5, 5.41) is 4.22. The standard InChI is InChI=1S/C32H33F3N6O6S/c1-17-23(46-2)9-8-20-24(12-21(37-26(17)20)27-38-25(15-48-27)32(33,34)35)47-19-11-22-28(43)40(29(36)44)10-6-4-3-5-7-18-13-31(18,16-42)39-30(45)41(22)14-19/h5,7-9,12,15-16,18-19,22H,3-4,6,10-11,13-14H2,1-2H3,(H2,36,44)(H,39,45)/b7-5-/t18-,19+,22+,31+/m1/s1. The molecule has 0 spiro atoms. The molecule has 0 radical (unpaired) electrons. The van der Waals surface area contributed by atoms with E-state index in [1.54, 1.807) is 19.1 Å². The van der Waals surface area contributed by atoms with Gasteiger partial charge in [-0.1, -0.05) is 12.2 Å². The number of imide groups is 1. The summed E-state index contributed by atoms with van der Waals surface area (Å²) in [6.45, 7) is 1.71. The molecule has 48 heavy (non-hydrogen) atoms. The van der Waals surface area contributed by atoms with Crippen molar-refractivity contribution < 1.29 is 41.8 Å². The highest BCUT2D eigenvalue weighted by Gasteiger charge is 2.56. The molecular formula is C32H33F3N6O6S. The molecule has 254 valence electrons. The number of nitrogens with one attached hydrogen (secondary N) is 1. The van der Waals surface area contributed by atoms with E-state index < -0.39 is 47.5 Å². The van der Waals surface area contributed by atoms with E-state index >= 15 is 0 Å². The van der Waals surface area contributed by atoms with E-state index in [0.717, 1.165) is 21.6 Å². The molecule has 3 aromatic rings. The smallest absolute Gasteiger partial charge is 0.434 e. The van der Waals surface area contributed by atoms with Gasteiger partial charge in [0, 0.05) is 41.3 Å². The lowest BCUT2D eigenvalue weighted by Crippen LogP contribution is -2.55. The molecule has 3 N–H and O–H groups in total. The molecular weight excluding hydrogens is 653 g/mol. The lowest BCUT2D eigenvalue weighted by atomic mass is 10.1. The zero-order valence-corrected chi connectivity index (χ0v) is 26.9. The van der Waals surface area contributed by atoms with Gasteiger partial charge in [0.05, 0.1) is 19.2 Å². The molecule has 2 aliphatic heterocycles. The maximum atomic E-state index is 13.8. The number of carbonyl (C=O) groups is 4. The van der Waals surface area contributed by atoms with Gasteiger partial charge >= 0.3 is 18.2 Å². The van der Waals surface area contributed by atoms with Gasteiger partial charge in [-0.3, -0.25) is 9.69 Å². The first kappa shape index (κ1) is 33.2. The van der Waals surface area contributed by atoms with Crippen LogP contribution in [0.3, 0.4) is 0 Å². The number of primary amides is 1. The number of alkyl halides is 3. The van der Waals surface area contributed by atoms with Gasteiger partial charge in [-0.15, -0.1) is 11.3 Å². The van der Waals surface area contributed by atoms with Crippen LogP contribution >= 0.6 is 11.3 Å². The number of nitrogens with zero attached hydrogens (tertiary/aromatic N) is 4. The van der Waals surface area contributed by atoms with Gasteiger partial charge in [-0.05, 0) is 44.7 Å². The zero-order valence-electron chi connectivity index (χ0n) is 26.1. The normalized spacial score (nSPS) is 25.5. The Balaban J connectivity index is 1.37. The van der Waals surface area contributed by atoms with Crippen LogP contribution in [0.4, 0.5) is 22.8 Å². The van der Waals surface area contributed by atoms with Gasteiger partial charge in [0.1, 0.15) is 46.2 Å². The van der Waals surface area contributed by atoms with Gasteiger partial charge in [0.25, 0.3) is 5.91 Å². The number of nitrogens with two attached hydrogens (primary N) is 1. The highest BCUT2D eigenvalue weighted by atomic mass is 32.1. The molecule has 1 saturated carbocycles. The van der Waals surface area contributed by atoms with Crippen molar-refractivity contribution in [1.29, 1.82) is 0 Å². The monoisotopic (exact) mass is 686 g/mol. The first-order valence-corrected chi connectivity index (χ1v) is 16.2. The summed E-state index contributed by atoms with van der Waals surface area (Å²) in [5.41, 5.74) is 4.58. The predicted molar refractivity (Wildman–Crippen MR) is 168 cm³/mol. The molecule has 1 saturated heterocycles. The molecule has 0 unspecified atom stereocenters. The van der Waals surface area contributed by atoms with Crippen LogP contribution in [0.1, 0.15) is 43.4 Å². The van der Waals surface area contributed by atoms with Gasteiger partial charge in [0.2, 0.25) is 0 Å². The number of aromatic nitrogens is 2. The van der Waals surface area contributed by atoms with Crippen LogP contribution in [0.25, 0.3) is 21.6 Å². The minimum Gasteiger partial charge on any atom is -0.496 e. The summed E-state index contributed by atoms with van der Waals surface area (Å²) < 4.78 is 52.1. The fourth-order valence-corrected chi connectivity index (χ4v) is 7.06. The summed E-state index contributed by atoms with van der Waals surface area (Å²) in [4.78, 5) is 62.6. The van der Waals surface area contributed by atoms with Gasteiger partial charge in [-0.25, -0.2) is 19.6 Å². The number of pyridine rings is 1. The average molecular weight is 687 g/mol. The summed E-state index contributed by atoms with van der Waals surface area (Å²) in [6.07, 6.45) is 1.28. The molecule has 5 amide bonds. The quantitative estimate of drug-likeness (QED) is 0.286. The Bertz CT molecular complexity index is 1810. The highest BCUT2D eigenvalue weighted by Crippen LogP contribution is 2.44. The molecule has 0 bridgehead atoms. The minimum absolute atomic E-state index is 0.0124. The second kappa shape index (κ2) is 12.7. The Morgan fingerprint density at radius 3 is 2.69 bits per heavy atom. The van der Waals surface area contributed by atoms with Crippen molar-refractivity contribution in [3.63, 3.8) is 0 Å². The second-order valence-corrected chi connectivity index (χ2v) is 13.0. The van der Waals surface area contributed by atoms with Crippen molar-refractivity contribution in [3.05, 3.63) is 47.0 Å². The number of amides is 5. The number of aldehydes is 1. The number of benzene rings is 1. The van der Waals surface area contributed by atoms with Crippen LogP contribution in [0.15, 0.2) is 35.7 Å².